The van der Waals surface area contributed by atoms with Crippen LogP contribution in [0.25, 0.3) is 0 Å². The van der Waals surface area contributed by atoms with Crippen molar-refractivity contribution >= 4 is 0 Å². The molecule has 126 valence electrons. The van der Waals surface area contributed by atoms with E-state index in [1.54, 1.807) is 7.11 Å². The lowest BCUT2D eigenvalue weighted by Crippen LogP contribution is -2.37. The lowest BCUT2D eigenvalue weighted by Gasteiger charge is -2.28. The molecule has 0 radical (unpaired) electrons. The summed E-state index contributed by atoms with van der Waals surface area (Å²) in [6, 6.07) is 0. The molecule has 1 fully saturated rings. The van der Waals surface area contributed by atoms with Gasteiger partial charge in [0.05, 0.1) is 33.0 Å². The van der Waals surface area contributed by atoms with Crippen molar-refractivity contribution in [2.45, 2.75) is 26.7 Å². The van der Waals surface area contributed by atoms with Gasteiger partial charge in [0.2, 0.25) is 0 Å². The molecule has 0 saturated carbocycles. The van der Waals surface area contributed by atoms with E-state index in [0.717, 1.165) is 45.8 Å². The molecular weight excluding hydrogens is 270 g/mol. The van der Waals surface area contributed by atoms with Crippen molar-refractivity contribution in [3.63, 3.8) is 0 Å². The Morgan fingerprint density at radius 1 is 1.10 bits per heavy atom. The molecule has 0 aliphatic carbocycles. The highest BCUT2D eigenvalue weighted by molar-refractivity contribution is 4.85. The fraction of sp³-hybridized carbons (Fsp3) is 1.00. The average molecular weight is 303 g/mol. The minimum absolute atomic E-state index is 0.256. The largest absolute Gasteiger partial charge is 0.382 e. The maximum absolute atomic E-state index is 5.68. The van der Waals surface area contributed by atoms with Crippen molar-refractivity contribution in [1.82, 2.24) is 5.32 Å². The van der Waals surface area contributed by atoms with Crippen LogP contribution < -0.4 is 5.32 Å². The van der Waals surface area contributed by atoms with Gasteiger partial charge >= 0.3 is 0 Å². The Morgan fingerprint density at radius 2 is 1.81 bits per heavy atom. The van der Waals surface area contributed by atoms with E-state index in [1.807, 2.05) is 0 Å². The van der Waals surface area contributed by atoms with Crippen molar-refractivity contribution in [2.75, 3.05) is 66.4 Å². The lowest BCUT2D eigenvalue weighted by atomic mass is 9.84. The van der Waals surface area contributed by atoms with Crippen LogP contribution in [0.4, 0.5) is 0 Å². The number of methoxy groups -OCH3 is 1. The van der Waals surface area contributed by atoms with E-state index < -0.39 is 0 Å². The van der Waals surface area contributed by atoms with Crippen LogP contribution in [0.2, 0.25) is 0 Å². The van der Waals surface area contributed by atoms with Crippen LogP contribution in [-0.2, 0) is 18.9 Å². The fourth-order valence-electron chi connectivity index (χ4n) is 2.45. The van der Waals surface area contributed by atoms with Gasteiger partial charge < -0.3 is 24.3 Å². The number of ether oxygens (including phenoxy) is 4. The lowest BCUT2D eigenvalue weighted by molar-refractivity contribution is 0.0151. The van der Waals surface area contributed by atoms with E-state index in [1.165, 1.54) is 0 Å². The second kappa shape index (κ2) is 11.4. The van der Waals surface area contributed by atoms with Gasteiger partial charge in [-0.25, -0.2) is 0 Å². The molecule has 0 bridgehead atoms. The highest BCUT2D eigenvalue weighted by Gasteiger charge is 2.34. The van der Waals surface area contributed by atoms with E-state index >= 15 is 0 Å². The summed E-state index contributed by atoms with van der Waals surface area (Å²) >= 11 is 0. The van der Waals surface area contributed by atoms with Gasteiger partial charge in [0.25, 0.3) is 0 Å². The normalized spacial score (nSPS) is 22.3. The number of nitrogens with one attached hydrogen (secondary N) is 1. The maximum Gasteiger partial charge on any atom is 0.0701 e. The molecule has 1 N–H and O–H groups in total. The first-order chi connectivity index (χ1) is 10.2. The van der Waals surface area contributed by atoms with Crippen LogP contribution >= 0.6 is 0 Å². The zero-order valence-corrected chi connectivity index (χ0v) is 14.0. The first kappa shape index (κ1) is 18.8. The fourth-order valence-corrected chi connectivity index (χ4v) is 2.45. The number of hydrogen-bond acceptors (Lipinski definition) is 5. The molecule has 1 heterocycles. The molecule has 5 nitrogen and oxygen atoms in total. The summed E-state index contributed by atoms with van der Waals surface area (Å²) in [6.07, 6.45) is 2.18. The zero-order valence-electron chi connectivity index (χ0n) is 14.0. The predicted molar refractivity (Wildman–Crippen MR) is 83.7 cm³/mol. The Labute approximate surface area is 129 Å². The highest BCUT2D eigenvalue weighted by atomic mass is 16.5. The molecule has 1 atom stereocenters. The van der Waals surface area contributed by atoms with Crippen LogP contribution in [0.3, 0.4) is 0 Å². The van der Waals surface area contributed by atoms with Crippen LogP contribution in [0.5, 0.6) is 0 Å². The van der Waals surface area contributed by atoms with Crippen LogP contribution in [0.1, 0.15) is 26.7 Å². The van der Waals surface area contributed by atoms with Crippen molar-refractivity contribution in [2.24, 2.45) is 11.3 Å². The summed E-state index contributed by atoms with van der Waals surface area (Å²) < 4.78 is 21.6. The van der Waals surface area contributed by atoms with Gasteiger partial charge in [-0.1, -0.05) is 13.8 Å². The molecule has 0 aromatic carbocycles. The zero-order chi connectivity index (χ0) is 15.4. The summed E-state index contributed by atoms with van der Waals surface area (Å²) in [7, 11) is 1.68. The molecule has 1 rings (SSSR count). The van der Waals surface area contributed by atoms with Crippen molar-refractivity contribution in [3.8, 4) is 0 Å². The van der Waals surface area contributed by atoms with Gasteiger partial charge in [0.1, 0.15) is 0 Å². The second-order valence-corrected chi connectivity index (χ2v) is 6.29. The molecule has 1 aliphatic rings. The smallest absolute Gasteiger partial charge is 0.0701 e. The van der Waals surface area contributed by atoms with Crippen LogP contribution in [0.15, 0.2) is 0 Å². The summed E-state index contributed by atoms with van der Waals surface area (Å²) in [4.78, 5) is 0. The quantitative estimate of drug-likeness (QED) is 0.525. The van der Waals surface area contributed by atoms with E-state index in [2.05, 4.69) is 19.2 Å². The standard InChI is InChI=1S/C16H33NO4/c1-15(2)12-17-13-16(5-7-21-14-16)4-6-19-10-11-20-9-8-18-3/h15,17H,4-14H2,1-3H3. The van der Waals surface area contributed by atoms with Gasteiger partial charge in [-0.3, -0.25) is 0 Å². The van der Waals surface area contributed by atoms with Gasteiger partial charge in [-0.15, -0.1) is 0 Å². The first-order valence-electron chi connectivity index (χ1n) is 8.11. The summed E-state index contributed by atoms with van der Waals surface area (Å²) in [5.74, 6) is 0.685. The SMILES string of the molecule is COCCOCCOCCC1(CNCC(C)C)CCOC1. The van der Waals surface area contributed by atoms with Crippen molar-refractivity contribution in [3.05, 3.63) is 0 Å². The predicted octanol–water partition coefficient (Wildman–Crippen LogP) is 1.71. The first-order valence-corrected chi connectivity index (χ1v) is 8.11. The number of rotatable bonds is 13. The second-order valence-electron chi connectivity index (χ2n) is 6.29. The molecule has 1 saturated heterocycles. The topological polar surface area (TPSA) is 49.0 Å². The average Bonchev–Trinajstić information content (AvgIpc) is 2.90. The van der Waals surface area contributed by atoms with E-state index in [9.17, 15) is 0 Å². The Balaban J connectivity index is 2.08. The minimum Gasteiger partial charge on any atom is -0.382 e. The molecule has 0 aromatic heterocycles. The molecule has 0 amide bonds. The molecule has 21 heavy (non-hydrogen) atoms. The van der Waals surface area contributed by atoms with Gasteiger partial charge in [-0.2, -0.15) is 0 Å². The summed E-state index contributed by atoms with van der Waals surface area (Å²) in [5, 5.41) is 3.57. The van der Waals surface area contributed by atoms with Crippen molar-refractivity contribution < 1.29 is 18.9 Å². The summed E-state index contributed by atoms with van der Waals surface area (Å²) in [6.45, 7) is 11.6. The third-order valence-corrected chi connectivity index (χ3v) is 3.82. The van der Waals surface area contributed by atoms with Crippen molar-refractivity contribution in [1.29, 1.82) is 0 Å². The van der Waals surface area contributed by atoms with Crippen LogP contribution in [0, 0.1) is 11.3 Å². The minimum atomic E-state index is 0.256. The molecule has 5 heteroatoms. The van der Waals surface area contributed by atoms with E-state index in [-0.39, 0.29) is 5.41 Å². The monoisotopic (exact) mass is 303 g/mol. The molecule has 0 spiro atoms. The Bertz CT molecular complexity index is 242. The van der Waals surface area contributed by atoms with Gasteiger partial charge in [-0.05, 0) is 25.3 Å². The highest BCUT2D eigenvalue weighted by Crippen LogP contribution is 2.31. The third-order valence-electron chi connectivity index (χ3n) is 3.82. The maximum atomic E-state index is 5.68. The Kier molecular flexibility index (Phi) is 10.2. The van der Waals surface area contributed by atoms with E-state index in [0.29, 0.717) is 32.3 Å². The van der Waals surface area contributed by atoms with Gasteiger partial charge in [0.15, 0.2) is 0 Å². The molecule has 1 unspecified atom stereocenters. The third kappa shape index (κ3) is 8.73. The number of hydrogen-bond donors (Lipinski definition) is 1. The van der Waals surface area contributed by atoms with Crippen LogP contribution in [-0.4, -0.2) is 66.4 Å². The Morgan fingerprint density at radius 3 is 2.43 bits per heavy atom. The Hall–Kier alpha value is -0.200. The summed E-state index contributed by atoms with van der Waals surface area (Å²) in [5.41, 5.74) is 0.256. The van der Waals surface area contributed by atoms with E-state index in [4.69, 9.17) is 18.9 Å². The van der Waals surface area contributed by atoms with Gasteiger partial charge in [0, 0.05) is 32.3 Å². The molecular formula is C16H33NO4. The molecule has 0 aromatic rings. The molecule has 1 aliphatic heterocycles.